The zero-order valence-electron chi connectivity index (χ0n) is 21.9. The van der Waals surface area contributed by atoms with Crippen LogP contribution in [0, 0.1) is 0 Å². The molecular weight excluding hydrogens is 553 g/mol. The lowest BCUT2D eigenvalue weighted by atomic mass is 10.1. The molecule has 0 bridgehead atoms. The number of aromatic nitrogens is 3. The van der Waals surface area contributed by atoms with Crippen LogP contribution < -0.4 is 15.3 Å². The van der Waals surface area contributed by atoms with Crippen molar-refractivity contribution in [1.82, 2.24) is 19.9 Å². The average Bonchev–Trinajstić information content (AvgIpc) is 3.62. The predicted octanol–water partition coefficient (Wildman–Crippen LogP) is 3.00. The second-order valence-electron chi connectivity index (χ2n) is 9.28. The van der Waals surface area contributed by atoms with E-state index in [0.29, 0.717) is 5.39 Å². The van der Waals surface area contributed by atoms with E-state index < -0.39 is 45.1 Å². The zero-order chi connectivity index (χ0) is 28.8. The standard InChI is InChI=1S/C27H28N5O8P/c28-26(35)27-29-17-32(31-27)24-13-21(33)23(39-24)16-38-41(36,30-14-25(34)37-15-18-7-2-1-3-8-18)40-22-12-6-10-19-9-4-5-11-20(19)22/h2,4-12,17,23-24H,1,3,13-16H2,(H2,28,35)(H,30,36)/t23-,24-,41?/m1/s1. The number of ether oxygens (including phenoxy) is 2. The number of nitrogens with zero attached hydrogens (tertiary/aromatic N) is 3. The third kappa shape index (κ3) is 7.14. The normalized spacial score (nSPS) is 20.0. The molecule has 3 atom stereocenters. The molecule has 41 heavy (non-hydrogen) atoms. The number of amides is 1. The highest BCUT2D eigenvalue weighted by Crippen LogP contribution is 2.46. The molecule has 0 radical (unpaired) electrons. The zero-order valence-corrected chi connectivity index (χ0v) is 22.8. The first kappa shape index (κ1) is 28.4. The third-order valence-electron chi connectivity index (χ3n) is 6.33. The van der Waals surface area contributed by atoms with Crippen LogP contribution in [0.2, 0.25) is 0 Å². The predicted molar refractivity (Wildman–Crippen MR) is 146 cm³/mol. The van der Waals surface area contributed by atoms with Crippen molar-refractivity contribution in [2.24, 2.45) is 5.73 Å². The Balaban J connectivity index is 1.27. The van der Waals surface area contributed by atoms with E-state index in [0.717, 1.165) is 23.8 Å². The molecule has 1 aliphatic carbocycles. The van der Waals surface area contributed by atoms with Crippen molar-refractivity contribution < 1.29 is 37.5 Å². The highest BCUT2D eigenvalue weighted by molar-refractivity contribution is 7.52. The van der Waals surface area contributed by atoms with Crippen molar-refractivity contribution in [3.05, 3.63) is 78.4 Å². The number of allylic oxidation sites excluding steroid dienone is 2. The molecule has 14 heteroatoms. The lowest BCUT2D eigenvalue weighted by Crippen LogP contribution is -2.29. The molecule has 1 aliphatic heterocycles. The van der Waals surface area contributed by atoms with Crippen LogP contribution in [0.15, 0.2) is 72.6 Å². The summed E-state index contributed by atoms with van der Waals surface area (Å²) >= 11 is 0. The van der Waals surface area contributed by atoms with Gasteiger partial charge in [-0.1, -0.05) is 54.6 Å². The maximum Gasteiger partial charge on any atom is 0.459 e. The molecule has 2 heterocycles. The smallest absolute Gasteiger partial charge is 0.459 e. The van der Waals surface area contributed by atoms with Crippen LogP contribution in [0.4, 0.5) is 0 Å². The van der Waals surface area contributed by atoms with Crippen LogP contribution in [-0.2, 0) is 28.2 Å². The number of primary amides is 1. The van der Waals surface area contributed by atoms with Crippen LogP contribution in [0.5, 0.6) is 5.75 Å². The van der Waals surface area contributed by atoms with E-state index in [-0.39, 0.29) is 30.4 Å². The molecule has 3 N–H and O–H groups in total. The Morgan fingerprint density at radius 3 is 2.78 bits per heavy atom. The van der Waals surface area contributed by atoms with Crippen molar-refractivity contribution in [2.45, 2.75) is 31.6 Å². The van der Waals surface area contributed by atoms with Crippen molar-refractivity contribution in [2.75, 3.05) is 19.8 Å². The molecule has 3 aromatic rings. The van der Waals surface area contributed by atoms with Gasteiger partial charge in [-0.25, -0.2) is 19.3 Å². The summed E-state index contributed by atoms with van der Waals surface area (Å²) < 4.78 is 37.6. The number of nitrogens with two attached hydrogens (primary N) is 1. The molecule has 1 aromatic heterocycles. The van der Waals surface area contributed by atoms with E-state index >= 15 is 0 Å². The SMILES string of the molecule is NC(=O)c1ncn([C@H]2CC(=O)[C@@H](COP(=O)(NCC(=O)OCC3=CCCC=C3)Oc3cccc4ccccc34)O2)n1. The summed E-state index contributed by atoms with van der Waals surface area (Å²) in [5.41, 5.74) is 6.06. The minimum absolute atomic E-state index is 0.0813. The monoisotopic (exact) mass is 581 g/mol. The average molecular weight is 582 g/mol. The van der Waals surface area contributed by atoms with Crippen LogP contribution in [0.25, 0.3) is 10.8 Å². The van der Waals surface area contributed by atoms with Gasteiger partial charge in [0.25, 0.3) is 5.91 Å². The van der Waals surface area contributed by atoms with E-state index in [1.54, 1.807) is 24.3 Å². The van der Waals surface area contributed by atoms with E-state index in [2.05, 4.69) is 15.2 Å². The number of hydrogen-bond acceptors (Lipinski definition) is 10. The Bertz CT molecular complexity index is 1560. The van der Waals surface area contributed by atoms with Gasteiger partial charge in [0.1, 0.15) is 31.3 Å². The minimum Gasteiger partial charge on any atom is -0.460 e. The quantitative estimate of drug-likeness (QED) is 0.238. The Morgan fingerprint density at radius 2 is 2.00 bits per heavy atom. The number of esters is 1. The Kier molecular flexibility index (Phi) is 8.70. The number of ketones is 1. The molecule has 2 aliphatic rings. The molecule has 1 unspecified atom stereocenters. The second-order valence-corrected chi connectivity index (χ2v) is 11.0. The van der Waals surface area contributed by atoms with Gasteiger partial charge in [0.05, 0.1) is 13.0 Å². The topological polar surface area (TPSA) is 174 Å². The van der Waals surface area contributed by atoms with Crippen molar-refractivity contribution in [3.63, 3.8) is 0 Å². The fourth-order valence-corrected chi connectivity index (χ4v) is 5.54. The number of nitrogens with one attached hydrogen (secondary N) is 1. The molecule has 0 spiro atoms. The van der Waals surface area contributed by atoms with Crippen molar-refractivity contribution in [1.29, 1.82) is 0 Å². The fourth-order valence-electron chi connectivity index (χ4n) is 4.26. The summed E-state index contributed by atoms with van der Waals surface area (Å²) in [7, 11) is -4.24. The lowest BCUT2D eigenvalue weighted by molar-refractivity contribution is -0.141. The minimum atomic E-state index is -4.24. The van der Waals surface area contributed by atoms with Gasteiger partial charge in [-0.2, -0.15) is 0 Å². The van der Waals surface area contributed by atoms with Gasteiger partial charge in [0.15, 0.2) is 12.0 Å². The first-order valence-corrected chi connectivity index (χ1v) is 14.4. The number of benzene rings is 2. The van der Waals surface area contributed by atoms with Crippen molar-refractivity contribution in [3.8, 4) is 5.75 Å². The van der Waals surface area contributed by atoms with E-state index in [4.69, 9.17) is 24.3 Å². The number of carbonyl (C=O) groups is 3. The van der Waals surface area contributed by atoms with E-state index in [9.17, 15) is 18.9 Å². The number of Topliss-reactive ketones (excluding diaryl/α,β-unsaturated/α-hetero) is 1. The number of hydrogen-bond donors (Lipinski definition) is 2. The van der Waals surface area contributed by atoms with Crippen LogP contribution in [0.3, 0.4) is 0 Å². The van der Waals surface area contributed by atoms with Crippen LogP contribution in [0.1, 0.15) is 36.1 Å². The van der Waals surface area contributed by atoms with Gasteiger partial charge < -0.3 is 19.7 Å². The molecule has 5 rings (SSSR count). The Morgan fingerprint density at radius 1 is 1.17 bits per heavy atom. The van der Waals surface area contributed by atoms with Gasteiger partial charge in [-0.3, -0.25) is 18.9 Å². The maximum atomic E-state index is 13.9. The van der Waals surface area contributed by atoms with Gasteiger partial charge in [-0.15, -0.1) is 5.10 Å². The molecule has 1 saturated heterocycles. The highest BCUT2D eigenvalue weighted by atomic mass is 31.2. The molecule has 0 saturated carbocycles. The molecule has 13 nitrogen and oxygen atoms in total. The summed E-state index contributed by atoms with van der Waals surface area (Å²) in [5.74, 6) is -1.81. The summed E-state index contributed by atoms with van der Waals surface area (Å²) in [5, 5.41) is 7.97. The molecule has 2 aromatic carbocycles. The largest absolute Gasteiger partial charge is 0.460 e. The number of rotatable bonds is 12. The number of carbonyl (C=O) groups excluding carboxylic acids is 3. The fraction of sp³-hybridized carbons (Fsp3) is 0.296. The first-order valence-electron chi connectivity index (χ1n) is 12.9. The van der Waals surface area contributed by atoms with Gasteiger partial charge >= 0.3 is 13.7 Å². The highest BCUT2D eigenvalue weighted by Gasteiger charge is 2.38. The molecule has 1 amide bonds. The Hall–Kier alpha value is -4.16. The van der Waals surface area contributed by atoms with E-state index in [1.165, 1.54) is 11.0 Å². The summed E-state index contributed by atoms with van der Waals surface area (Å²) in [6.07, 6.45) is 6.83. The van der Waals surface area contributed by atoms with Gasteiger partial charge in [0, 0.05) is 5.39 Å². The van der Waals surface area contributed by atoms with Crippen LogP contribution >= 0.6 is 7.75 Å². The maximum absolute atomic E-state index is 13.9. The summed E-state index contributed by atoms with van der Waals surface area (Å²) in [6, 6.07) is 12.5. The molecule has 1 fully saturated rings. The third-order valence-corrected chi connectivity index (χ3v) is 7.80. The second kappa shape index (κ2) is 12.6. The van der Waals surface area contributed by atoms with Gasteiger partial charge in [0.2, 0.25) is 5.82 Å². The van der Waals surface area contributed by atoms with Gasteiger partial charge in [-0.05, 0) is 29.9 Å². The molecule has 214 valence electrons. The Labute approximate surface area is 234 Å². The number of fused-ring (bicyclic) bond motifs is 1. The molecular formula is C27H28N5O8P. The first-order chi connectivity index (χ1) is 19.8. The van der Waals surface area contributed by atoms with Crippen molar-refractivity contribution >= 4 is 36.2 Å². The van der Waals surface area contributed by atoms with E-state index in [1.807, 2.05) is 36.4 Å². The summed E-state index contributed by atoms with van der Waals surface area (Å²) in [4.78, 5) is 40.2. The summed E-state index contributed by atoms with van der Waals surface area (Å²) in [6.45, 7) is -0.845. The lowest BCUT2D eigenvalue weighted by Gasteiger charge is -2.22. The van der Waals surface area contributed by atoms with Crippen LogP contribution in [-0.4, -0.2) is 58.3 Å².